The van der Waals surface area contributed by atoms with Crippen molar-refractivity contribution >= 4 is 49.5 Å². The Hall–Kier alpha value is -2.80. The van der Waals surface area contributed by atoms with Crippen molar-refractivity contribution in [1.29, 1.82) is 0 Å². The molecule has 0 aliphatic carbocycles. The molecule has 1 N–H and O–H groups in total. The summed E-state index contributed by atoms with van der Waals surface area (Å²) in [5, 5.41) is 0. The smallest absolute Gasteiger partial charge is 0.408 e. The summed E-state index contributed by atoms with van der Waals surface area (Å²) in [6.45, 7) is 1.76. The number of pyridine rings is 1. The van der Waals surface area contributed by atoms with E-state index in [9.17, 15) is 22.0 Å². The first-order valence-corrected chi connectivity index (χ1v) is 11.5. The fraction of sp³-hybridized carbons (Fsp3) is 0.100. The monoisotopic (exact) mass is 557 g/mol. The molecule has 0 saturated carbocycles. The van der Waals surface area contributed by atoms with Gasteiger partial charge in [-0.3, -0.25) is 9.29 Å². The van der Waals surface area contributed by atoms with Crippen LogP contribution in [0.4, 0.5) is 14.6 Å². The van der Waals surface area contributed by atoms with Gasteiger partial charge in [0.05, 0.1) is 11.6 Å². The molecule has 0 radical (unpaired) electrons. The van der Waals surface area contributed by atoms with Crippen LogP contribution in [0.15, 0.2) is 68.7 Å². The van der Waals surface area contributed by atoms with E-state index in [1.807, 2.05) is 29.0 Å². The second-order valence-electron chi connectivity index (χ2n) is 6.64. The van der Waals surface area contributed by atoms with Gasteiger partial charge < -0.3 is 4.42 Å². The molecule has 4 aromatic rings. The topological polar surface area (TPSA) is 94.2 Å². The van der Waals surface area contributed by atoms with Crippen LogP contribution in [0.3, 0.4) is 0 Å². The van der Waals surface area contributed by atoms with E-state index < -0.39 is 38.5 Å². The van der Waals surface area contributed by atoms with Gasteiger partial charge in [-0.1, -0.05) is 24.3 Å². The molecule has 11 heteroatoms. The summed E-state index contributed by atoms with van der Waals surface area (Å²) in [7, 11) is -4.46. The number of hydrogen-bond acceptors (Lipinski definition) is 5. The molecule has 0 saturated heterocycles. The number of nitrogens with one attached hydrogen (secondary N) is 1. The third kappa shape index (κ3) is 4.06. The van der Waals surface area contributed by atoms with E-state index in [2.05, 4.69) is 27.6 Å². The summed E-state index contributed by atoms with van der Waals surface area (Å²) >= 11 is 2.13. The predicted molar refractivity (Wildman–Crippen MR) is 118 cm³/mol. The van der Waals surface area contributed by atoms with Crippen molar-refractivity contribution < 1.29 is 21.6 Å². The zero-order valence-corrected chi connectivity index (χ0v) is 18.8. The molecule has 4 rings (SSSR count). The molecule has 0 spiro atoms. The lowest BCUT2D eigenvalue weighted by Crippen LogP contribution is -2.20. The summed E-state index contributed by atoms with van der Waals surface area (Å²) in [6, 6.07) is 12.3. The molecular weight excluding hydrogens is 543 g/mol. The van der Waals surface area contributed by atoms with Crippen molar-refractivity contribution in [2.24, 2.45) is 0 Å². The van der Waals surface area contributed by atoms with Gasteiger partial charge in [0.2, 0.25) is 5.95 Å². The standard InChI is InChI=1S/C20H14F2IN3O4S/c1-11(12-5-2-3-6-14(12)23)26-15-9-13(21)17(10-16(15)30-20(26)27)31(28,29)25-19-8-4-7-18(22)24-19/h2-11H,1H3,(H,24,25)/t11-/m1/s1. The fourth-order valence-corrected chi connectivity index (χ4v) is 5.13. The highest BCUT2D eigenvalue weighted by Gasteiger charge is 2.25. The summed E-state index contributed by atoms with van der Waals surface area (Å²) < 4.78 is 62.8. The predicted octanol–water partition coefficient (Wildman–Crippen LogP) is 4.28. The fourth-order valence-electron chi connectivity index (χ4n) is 3.22. The lowest BCUT2D eigenvalue weighted by atomic mass is 10.1. The van der Waals surface area contributed by atoms with Crippen molar-refractivity contribution in [3.05, 3.63) is 86.0 Å². The second kappa shape index (κ2) is 8.04. The van der Waals surface area contributed by atoms with Gasteiger partial charge in [0, 0.05) is 15.7 Å². The number of anilines is 1. The van der Waals surface area contributed by atoms with E-state index in [1.54, 1.807) is 6.92 Å². The average Bonchev–Trinajstić information content (AvgIpc) is 3.01. The summed E-state index contributed by atoms with van der Waals surface area (Å²) in [6.07, 6.45) is 0. The van der Waals surface area contributed by atoms with Gasteiger partial charge in [0.25, 0.3) is 10.0 Å². The molecule has 0 bridgehead atoms. The Kier molecular flexibility index (Phi) is 5.56. The first-order valence-electron chi connectivity index (χ1n) is 8.92. The van der Waals surface area contributed by atoms with Gasteiger partial charge in [0.15, 0.2) is 5.58 Å². The number of sulfonamides is 1. The molecule has 0 fully saturated rings. The number of hydrogen-bond donors (Lipinski definition) is 1. The van der Waals surface area contributed by atoms with Crippen LogP contribution in [0.5, 0.6) is 0 Å². The van der Waals surface area contributed by atoms with Crippen LogP contribution in [0.1, 0.15) is 18.5 Å². The van der Waals surface area contributed by atoms with E-state index >= 15 is 0 Å². The maximum absolute atomic E-state index is 14.9. The minimum atomic E-state index is -4.46. The van der Waals surface area contributed by atoms with E-state index in [0.29, 0.717) is 0 Å². The van der Waals surface area contributed by atoms with E-state index in [0.717, 1.165) is 27.3 Å². The van der Waals surface area contributed by atoms with Gasteiger partial charge in [-0.2, -0.15) is 4.39 Å². The molecular formula is C20H14F2IN3O4S. The molecule has 7 nitrogen and oxygen atoms in total. The van der Waals surface area contributed by atoms with Crippen molar-refractivity contribution in [3.63, 3.8) is 0 Å². The van der Waals surface area contributed by atoms with Gasteiger partial charge in [-0.15, -0.1) is 0 Å². The molecule has 1 atom stereocenters. The molecule has 31 heavy (non-hydrogen) atoms. The lowest BCUT2D eigenvalue weighted by molar-refractivity contribution is 0.489. The number of rotatable bonds is 5. The zero-order valence-electron chi connectivity index (χ0n) is 15.8. The summed E-state index contributed by atoms with van der Waals surface area (Å²) in [5.74, 6) is -3.06. The van der Waals surface area contributed by atoms with E-state index in [1.165, 1.54) is 16.7 Å². The first-order chi connectivity index (χ1) is 14.7. The third-order valence-electron chi connectivity index (χ3n) is 4.65. The van der Waals surface area contributed by atoms with Gasteiger partial charge in [-0.05, 0) is 53.3 Å². The molecule has 2 aromatic heterocycles. The Balaban J connectivity index is 1.80. The molecule has 0 amide bonds. The minimum Gasteiger partial charge on any atom is -0.408 e. The van der Waals surface area contributed by atoms with Crippen molar-refractivity contribution in [2.45, 2.75) is 17.9 Å². The normalized spacial score (nSPS) is 12.8. The van der Waals surface area contributed by atoms with Crippen LogP contribution < -0.4 is 10.5 Å². The Labute approximate surface area is 188 Å². The van der Waals surface area contributed by atoms with Gasteiger partial charge in [-0.25, -0.2) is 22.6 Å². The van der Waals surface area contributed by atoms with E-state index in [4.69, 9.17) is 4.42 Å². The number of benzene rings is 2. The SMILES string of the molecule is C[C@H](c1ccccc1I)n1c(=O)oc2cc(S(=O)(=O)Nc3cccc(F)n3)c(F)cc21. The van der Waals surface area contributed by atoms with Crippen molar-refractivity contribution in [1.82, 2.24) is 9.55 Å². The van der Waals surface area contributed by atoms with Crippen molar-refractivity contribution in [3.8, 4) is 0 Å². The van der Waals surface area contributed by atoms with Crippen LogP contribution in [-0.4, -0.2) is 18.0 Å². The number of fused-ring (bicyclic) bond motifs is 1. The highest BCUT2D eigenvalue weighted by Crippen LogP contribution is 2.29. The maximum Gasteiger partial charge on any atom is 0.420 e. The van der Waals surface area contributed by atoms with Crippen LogP contribution in [-0.2, 0) is 10.0 Å². The van der Waals surface area contributed by atoms with Gasteiger partial charge in [0.1, 0.15) is 16.5 Å². The Bertz CT molecular complexity index is 1470. The number of nitrogens with zero attached hydrogens (tertiary/aromatic N) is 2. The first kappa shape index (κ1) is 21.4. The number of oxazole rings is 1. The zero-order chi connectivity index (χ0) is 22.3. The van der Waals surface area contributed by atoms with Gasteiger partial charge >= 0.3 is 5.76 Å². The second-order valence-corrected chi connectivity index (χ2v) is 9.45. The highest BCUT2D eigenvalue weighted by atomic mass is 127. The summed E-state index contributed by atoms with van der Waals surface area (Å²) in [5.41, 5.74) is 0.832. The lowest BCUT2D eigenvalue weighted by Gasteiger charge is -2.15. The molecule has 0 aliphatic rings. The molecule has 2 heterocycles. The average molecular weight is 557 g/mol. The number of aromatic nitrogens is 2. The highest BCUT2D eigenvalue weighted by molar-refractivity contribution is 14.1. The minimum absolute atomic E-state index is 0.100. The van der Waals surface area contributed by atoms with Crippen molar-refractivity contribution in [2.75, 3.05) is 4.72 Å². The van der Waals surface area contributed by atoms with Crippen LogP contribution in [0.2, 0.25) is 0 Å². The molecule has 160 valence electrons. The van der Waals surface area contributed by atoms with Crippen LogP contribution in [0, 0.1) is 15.3 Å². The summed E-state index contributed by atoms with van der Waals surface area (Å²) in [4.78, 5) is 15.2. The molecule has 2 aromatic carbocycles. The Morgan fingerprint density at radius 3 is 2.58 bits per heavy atom. The van der Waals surface area contributed by atoms with Crippen LogP contribution in [0.25, 0.3) is 11.1 Å². The van der Waals surface area contributed by atoms with E-state index in [-0.39, 0.29) is 16.9 Å². The van der Waals surface area contributed by atoms with Crippen LogP contribution >= 0.6 is 22.6 Å². The molecule has 0 unspecified atom stereocenters. The maximum atomic E-state index is 14.9. The third-order valence-corrected chi connectivity index (χ3v) is 7.01. The number of halogens is 3. The largest absolute Gasteiger partial charge is 0.420 e. The quantitative estimate of drug-likeness (QED) is 0.292. The Morgan fingerprint density at radius 1 is 1.13 bits per heavy atom. The molecule has 0 aliphatic heterocycles. The Morgan fingerprint density at radius 2 is 1.87 bits per heavy atom.